The Morgan fingerprint density at radius 2 is 1.00 bits per heavy atom. The van der Waals surface area contributed by atoms with Crippen molar-refractivity contribution in [3.8, 4) is 0 Å². The molecule has 0 fully saturated rings. The van der Waals surface area contributed by atoms with Crippen LogP contribution in [0, 0.1) is 0 Å². The van der Waals surface area contributed by atoms with Crippen molar-refractivity contribution in [1.29, 1.82) is 0 Å². The normalized spacial score (nSPS) is 12.8. The molecule has 1 atom stereocenters. The largest absolute Gasteiger partial charge is 0.394 e. The van der Waals surface area contributed by atoms with Gasteiger partial charge in [0.2, 0.25) is 0 Å². The maximum atomic E-state index is 8.72. The maximum absolute atomic E-state index is 8.72. The van der Waals surface area contributed by atoms with Gasteiger partial charge in [0.1, 0.15) is 6.23 Å². The highest BCUT2D eigenvalue weighted by Gasteiger charge is 1.95. The fourth-order valence-corrected chi connectivity index (χ4v) is 1.15. The van der Waals surface area contributed by atoms with Crippen LogP contribution in [0.25, 0.3) is 0 Å². The summed E-state index contributed by atoms with van der Waals surface area (Å²) in [7, 11) is 0. The van der Waals surface area contributed by atoms with Crippen molar-refractivity contribution >= 4 is 0 Å². The molecule has 0 saturated carbocycles. The number of ether oxygens (including phenoxy) is 5. The highest BCUT2D eigenvalue weighted by Crippen LogP contribution is 1.84. The molecule has 0 aromatic heterocycles. The summed E-state index contributed by atoms with van der Waals surface area (Å²) in [5.74, 6) is 0. The summed E-state index contributed by atoms with van der Waals surface area (Å²) in [4.78, 5) is 0. The van der Waals surface area contributed by atoms with Gasteiger partial charge in [0.05, 0.1) is 72.7 Å². The lowest BCUT2D eigenvalue weighted by Gasteiger charge is -2.08. The van der Waals surface area contributed by atoms with Gasteiger partial charge in [-0.2, -0.15) is 0 Å². The molecule has 0 rings (SSSR count). The third kappa shape index (κ3) is 17.7. The summed E-state index contributed by atoms with van der Waals surface area (Å²) in [6.45, 7) is 4.24. The average molecular weight is 297 g/mol. The van der Waals surface area contributed by atoms with Gasteiger partial charge in [-0.05, 0) is 0 Å². The Morgan fingerprint density at radius 3 is 1.35 bits per heavy atom. The van der Waals surface area contributed by atoms with Crippen molar-refractivity contribution in [2.24, 2.45) is 5.73 Å². The van der Waals surface area contributed by atoms with Crippen LogP contribution in [0.1, 0.15) is 0 Å². The zero-order valence-electron chi connectivity index (χ0n) is 11.9. The molecule has 122 valence electrons. The zero-order valence-corrected chi connectivity index (χ0v) is 11.9. The van der Waals surface area contributed by atoms with Crippen molar-refractivity contribution < 1.29 is 33.9 Å². The lowest BCUT2D eigenvalue weighted by atomic mass is 10.6. The molecule has 8 nitrogen and oxygen atoms in total. The van der Waals surface area contributed by atoms with Crippen LogP contribution in [-0.2, 0) is 23.7 Å². The number of hydrogen-bond acceptors (Lipinski definition) is 8. The van der Waals surface area contributed by atoms with Crippen LogP contribution in [0.5, 0.6) is 0 Å². The molecule has 0 aliphatic rings. The predicted octanol–water partition coefficient (Wildman–Crippen LogP) is -1.66. The molecule has 0 saturated heterocycles. The number of aliphatic hydroxyl groups is 2. The molecular weight excluding hydrogens is 270 g/mol. The van der Waals surface area contributed by atoms with E-state index >= 15 is 0 Å². The topological polar surface area (TPSA) is 113 Å². The maximum Gasteiger partial charge on any atom is 0.126 e. The summed E-state index contributed by atoms with van der Waals surface area (Å²) in [6, 6.07) is 0. The molecule has 8 heteroatoms. The van der Waals surface area contributed by atoms with Gasteiger partial charge in [0.15, 0.2) is 0 Å². The van der Waals surface area contributed by atoms with Gasteiger partial charge in [-0.1, -0.05) is 0 Å². The SMILES string of the molecule is NC(O)COCCOCCOCCOCCOCCO. The van der Waals surface area contributed by atoms with E-state index in [4.69, 9.17) is 39.6 Å². The minimum Gasteiger partial charge on any atom is -0.394 e. The molecule has 0 heterocycles. The fourth-order valence-electron chi connectivity index (χ4n) is 1.15. The predicted molar refractivity (Wildman–Crippen MR) is 71.4 cm³/mol. The highest BCUT2D eigenvalue weighted by atomic mass is 16.6. The van der Waals surface area contributed by atoms with E-state index in [-0.39, 0.29) is 13.2 Å². The molecular formula is C12H27NO7. The first-order valence-electron chi connectivity index (χ1n) is 6.70. The van der Waals surface area contributed by atoms with Gasteiger partial charge in [-0.25, -0.2) is 0 Å². The van der Waals surface area contributed by atoms with Gasteiger partial charge in [0.25, 0.3) is 0 Å². The second-order valence-corrected chi connectivity index (χ2v) is 3.82. The van der Waals surface area contributed by atoms with Crippen molar-refractivity contribution in [1.82, 2.24) is 0 Å². The third-order valence-electron chi connectivity index (χ3n) is 2.01. The Bertz CT molecular complexity index is 183. The summed E-state index contributed by atoms with van der Waals surface area (Å²) >= 11 is 0. The van der Waals surface area contributed by atoms with E-state index in [1.54, 1.807) is 0 Å². The third-order valence-corrected chi connectivity index (χ3v) is 2.01. The molecule has 0 bridgehead atoms. The Hall–Kier alpha value is -0.320. The first kappa shape index (κ1) is 19.7. The standard InChI is InChI=1S/C12H27NO7/c13-12(15)11-20-10-9-19-8-7-18-6-5-17-4-3-16-2-1-14/h12,14-15H,1-11,13H2. The Balaban J connectivity index is 2.92. The number of aliphatic hydroxyl groups excluding tert-OH is 2. The molecule has 20 heavy (non-hydrogen) atoms. The van der Waals surface area contributed by atoms with Gasteiger partial charge >= 0.3 is 0 Å². The Kier molecular flexibility index (Phi) is 16.5. The molecule has 0 aromatic carbocycles. The highest BCUT2D eigenvalue weighted by molar-refractivity contribution is 4.39. The van der Waals surface area contributed by atoms with Crippen molar-refractivity contribution in [2.45, 2.75) is 6.23 Å². The van der Waals surface area contributed by atoms with Crippen molar-refractivity contribution in [2.75, 3.05) is 72.7 Å². The second kappa shape index (κ2) is 16.7. The van der Waals surface area contributed by atoms with Crippen LogP contribution in [0.15, 0.2) is 0 Å². The molecule has 0 radical (unpaired) electrons. The molecule has 0 amide bonds. The van der Waals surface area contributed by atoms with E-state index < -0.39 is 6.23 Å². The molecule has 4 N–H and O–H groups in total. The molecule has 0 aliphatic carbocycles. The first-order valence-corrected chi connectivity index (χ1v) is 6.70. The number of rotatable bonds is 16. The summed E-state index contributed by atoms with van der Waals surface area (Å²) < 4.78 is 25.8. The van der Waals surface area contributed by atoms with E-state index in [1.165, 1.54) is 0 Å². The Labute approximate surface area is 119 Å². The average Bonchev–Trinajstić information content (AvgIpc) is 2.43. The number of hydrogen-bond donors (Lipinski definition) is 3. The summed E-state index contributed by atoms with van der Waals surface area (Å²) in [5.41, 5.74) is 5.09. The zero-order chi connectivity index (χ0) is 14.9. The van der Waals surface area contributed by atoms with Crippen molar-refractivity contribution in [3.63, 3.8) is 0 Å². The molecule has 0 aliphatic heterocycles. The van der Waals surface area contributed by atoms with E-state index in [2.05, 4.69) is 0 Å². The monoisotopic (exact) mass is 297 g/mol. The van der Waals surface area contributed by atoms with E-state index in [9.17, 15) is 0 Å². The van der Waals surface area contributed by atoms with Crippen LogP contribution in [0.4, 0.5) is 0 Å². The smallest absolute Gasteiger partial charge is 0.126 e. The van der Waals surface area contributed by atoms with E-state index in [0.717, 1.165) is 0 Å². The molecule has 0 spiro atoms. The van der Waals surface area contributed by atoms with E-state index in [1.807, 2.05) is 0 Å². The Morgan fingerprint density at radius 1 is 0.650 bits per heavy atom. The lowest BCUT2D eigenvalue weighted by molar-refractivity contribution is -0.0213. The second-order valence-electron chi connectivity index (χ2n) is 3.82. The summed E-state index contributed by atoms with van der Waals surface area (Å²) in [6.07, 6.45) is -0.938. The summed E-state index contributed by atoms with van der Waals surface area (Å²) in [5, 5.41) is 17.2. The van der Waals surface area contributed by atoms with Gasteiger partial charge in [-0.3, -0.25) is 0 Å². The van der Waals surface area contributed by atoms with Gasteiger partial charge in [-0.15, -0.1) is 0 Å². The first-order chi connectivity index (χ1) is 9.77. The van der Waals surface area contributed by atoms with Gasteiger partial charge in [0, 0.05) is 0 Å². The lowest BCUT2D eigenvalue weighted by Crippen LogP contribution is -2.26. The quantitative estimate of drug-likeness (QED) is 0.229. The van der Waals surface area contributed by atoms with Gasteiger partial charge < -0.3 is 39.6 Å². The van der Waals surface area contributed by atoms with E-state index in [0.29, 0.717) is 59.5 Å². The van der Waals surface area contributed by atoms with Crippen molar-refractivity contribution in [3.05, 3.63) is 0 Å². The fraction of sp³-hybridized carbons (Fsp3) is 1.00. The minimum atomic E-state index is -0.938. The van der Waals surface area contributed by atoms with Crippen LogP contribution < -0.4 is 5.73 Å². The van der Waals surface area contributed by atoms with Crippen LogP contribution in [-0.4, -0.2) is 89.1 Å². The molecule has 1 unspecified atom stereocenters. The van der Waals surface area contributed by atoms with Crippen LogP contribution in [0.2, 0.25) is 0 Å². The molecule has 0 aromatic rings. The van der Waals surface area contributed by atoms with Crippen LogP contribution >= 0.6 is 0 Å². The number of nitrogens with two attached hydrogens (primary N) is 1. The minimum absolute atomic E-state index is 0.0287. The van der Waals surface area contributed by atoms with Crippen LogP contribution in [0.3, 0.4) is 0 Å².